The quantitative estimate of drug-likeness (QED) is 0.865. The van der Waals surface area contributed by atoms with Gasteiger partial charge in [-0.1, -0.05) is 41.9 Å². The van der Waals surface area contributed by atoms with Crippen LogP contribution < -0.4 is 5.32 Å². The van der Waals surface area contributed by atoms with Gasteiger partial charge in [-0.3, -0.25) is 0 Å². The highest BCUT2D eigenvalue weighted by Gasteiger charge is 2.41. The molecule has 0 amide bonds. The van der Waals surface area contributed by atoms with Crippen molar-refractivity contribution in [2.75, 3.05) is 19.7 Å². The van der Waals surface area contributed by atoms with Crippen LogP contribution in [0.15, 0.2) is 48.5 Å². The second-order valence-corrected chi connectivity index (χ2v) is 6.17. The second kappa shape index (κ2) is 8.28. The van der Waals surface area contributed by atoms with Crippen molar-refractivity contribution in [2.24, 2.45) is 0 Å². The fourth-order valence-corrected chi connectivity index (χ4v) is 3.17. The van der Waals surface area contributed by atoms with Gasteiger partial charge in [-0.05, 0) is 29.3 Å². The van der Waals surface area contributed by atoms with Crippen molar-refractivity contribution in [3.63, 3.8) is 0 Å². The van der Waals surface area contributed by atoms with Crippen molar-refractivity contribution in [1.82, 2.24) is 5.32 Å². The highest BCUT2D eigenvalue weighted by molar-refractivity contribution is 6.31. The lowest BCUT2D eigenvalue weighted by Crippen LogP contribution is -2.52. The van der Waals surface area contributed by atoms with E-state index in [-0.39, 0.29) is 24.6 Å². The summed E-state index contributed by atoms with van der Waals surface area (Å²) >= 11 is 6.25. The molecule has 2 aromatic rings. The lowest BCUT2D eigenvalue weighted by atomic mass is 9.82. The minimum atomic E-state index is -1.36. The van der Waals surface area contributed by atoms with Crippen LogP contribution in [0.5, 0.6) is 0 Å². The first kappa shape index (κ1) is 19.2. The van der Waals surface area contributed by atoms with Crippen LogP contribution in [0.3, 0.4) is 0 Å². The Kier molecular flexibility index (Phi) is 6.61. The maximum Gasteiger partial charge on any atom is 0.123 e. The number of hydrogen-bond acceptors (Lipinski definition) is 3. The summed E-state index contributed by atoms with van der Waals surface area (Å²) in [6.07, 6.45) is -0.225. The molecule has 1 fully saturated rings. The second-order valence-electron chi connectivity index (χ2n) is 5.77. The SMILES string of the molecule is Cl.OC(Cc1ccccc1Cl)(c1cccc(F)c1)C1CNCCO1. The molecule has 2 N–H and O–H groups in total. The molecule has 0 aromatic heterocycles. The summed E-state index contributed by atoms with van der Waals surface area (Å²) in [5.74, 6) is -0.385. The van der Waals surface area contributed by atoms with E-state index in [4.69, 9.17) is 16.3 Å². The van der Waals surface area contributed by atoms with E-state index in [1.807, 2.05) is 18.2 Å². The molecule has 0 saturated carbocycles. The number of halogens is 3. The molecule has 1 heterocycles. The Morgan fingerprint density at radius 3 is 2.71 bits per heavy atom. The first-order valence-corrected chi connectivity index (χ1v) is 8.01. The van der Waals surface area contributed by atoms with Gasteiger partial charge in [0.2, 0.25) is 0 Å². The number of hydrogen-bond donors (Lipinski definition) is 2. The van der Waals surface area contributed by atoms with Gasteiger partial charge in [-0.15, -0.1) is 12.4 Å². The third-order valence-corrected chi connectivity index (χ3v) is 4.57. The van der Waals surface area contributed by atoms with Gasteiger partial charge in [-0.25, -0.2) is 4.39 Å². The lowest BCUT2D eigenvalue weighted by molar-refractivity contribution is -0.124. The Labute approximate surface area is 152 Å². The minimum absolute atomic E-state index is 0. The summed E-state index contributed by atoms with van der Waals surface area (Å²) in [6, 6.07) is 13.4. The smallest absolute Gasteiger partial charge is 0.123 e. The molecule has 0 spiro atoms. The highest BCUT2D eigenvalue weighted by atomic mass is 35.5. The molecule has 1 saturated heterocycles. The van der Waals surface area contributed by atoms with E-state index < -0.39 is 11.7 Å². The molecule has 130 valence electrons. The van der Waals surface area contributed by atoms with Crippen molar-refractivity contribution in [1.29, 1.82) is 0 Å². The van der Waals surface area contributed by atoms with Gasteiger partial charge in [0.05, 0.1) is 6.61 Å². The number of rotatable bonds is 4. The van der Waals surface area contributed by atoms with Crippen molar-refractivity contribution >= 4 is 24.0 Å². The Bertz CT molecular complexity index is 680. The van der Waals surface area contributed by atoms with E-state index in [2.05, 4.69) is 5.32 Å². The zero-order chi connectivity index (χ0) is 16.3. The number of aliphatic hydroxyl groups is 1. The summed E-state index contributed by atoms with van der Waals surface area (Å²) in [7, 11) is 0. The van der Waals surface area contributed by atoms with Gasteiger partial charge in [0.25, 0.3) is 0 Å². The van der Waals surface area contributed by atoms with E-state index in [9.17, 15) is 9.50 Å². The van der Waals surface area contributed by atoms with Gasteiger partial charge in [0.1, 0.15) is 17.5 Å². The Hall–Kier alpha value is -1.17. The van der Waals surface area contributed by atoms with E-state index in [0.717, 1.165) is 12.1 Å². The molecule has 24 heavy (non-hydrogen) atoms. The molecule has 3 nitrogen and oxygen atoms in total. The van der Waals surface area contributed by atoms with Crippen molar-refractivity contribution in [3.05, 3.63) is 70.5 Å². The number of nitrogens with one attached hydrogen (secondary N) is 1. The average Bonchev–Trinajstić information content (AvgIpc) is 2.58. The minimum Gasteiger partial charge on any atom is -0.382 e. The summed E-state index contributed by atoms with van der Waals surface area (Å²) in [6.45, 7) is 1.74. The van der Waals surface area contributed by atoms with Crippen LogP contribution in [0.2, 0.25) is 5.02 Å². The molecular formula is C18H20Cl2FNO2. The zero-order valence-electron chi connectivity index (χ0n) is 13.0. The fraction of sp³-hybridized carbons (Fsp3) is 0.333. The molecule has 0 bridgehead atoms. The Balaban J connectivity index is 0.00000208. The normalized spacial score (nSPS) is 20.0. The molecule has 2 unspecified atom stereocenters. The van der Waals surface area contributed by atoms with Gasteiger partial charge in [0.15, 0.2) is 0 Å². The number of morpholine rings is 1. The molecule has 1 aliphatic heterocycles. The van der Waals surface area contributed by atoms with Gasteiger partial charge in [-0.2, -0.15) is 0 Å². The first-order valence-electron chi connectivity index (χ1n) is 7.64. The maximum atomic E-state index is 13.7. The maximum absolute atomic E-state index is 13.7. The van der Waals surface area contributed by atoms with E-state index in [1.54, 1.807) is 18.2 Å². The molecule has 1 aliphatic rings. The van der Waals surface area contributed by atoms with Crippen LogP contribution in [-0.2, 0) is 16.8 Å². The van der Waals surface area contributed by atoms with Crippen LogP contribution in [-0.4, -0.2) is 30.9 Å². The van der Waals surface area contributed by atoms with Crippen LogP contribution in [0.25, 0.3) is 0 Å². The molecule has 2 aromatic carbocycles. The molecular weight excluding hydrogens is 352 g/mol. The van der Waals surface area contributed by atoms with Crippen molar-refractivity contribution in [2.45, 2.75) is 18.1 Å². The average molecular weight is 372 g/mol. The fourth-order valence-electron chi connectivity index (χ4n) is 2.96. The predicted molar refractivity (Wildman–Crippen MR) is 95.3 cm³/mol. The van der Waals surface area contributed by atoms with Crippen LogP contribution in [0, 0.1) is 5.82 Å². The van der Waals surface area contributed by atoms with Crippen molar-refractivity contribution in [3.8, 4) is 0 Å². The topological polar surface area (TPSA) is 41.5 Å². The monoisotopic (exact) mass is 371 g/mol. The lowest BCUT2D eigenvalue weighted by Gasteiger charge is -2.39. The van der Waals surface area contributed by atoms with E-state index in [0.29, 0.717) is 23.7 Å². The van der Waals surface area contributed by atoms with Gasteiger partial charge >= 0.3 is 0 Å². The highest BCUT2D eigenvalue weighted by Crippen LogP contribution is 2.34. The first-order chi connectivity index (χ1) is 11.1. The number of ether oxygens (including phenoxy) is 1. The van der Waals surface area contributed by atoms with Crippen molar-refractivity contribution < 1.29 is 14.2 Å². The summed E-state index contributed by atoms with van der Waals surface area (Å²) in [5.41, 5.74) is -0.0678. The Morgan fingerprint density at radius 2 is 2.04 bits per heavy atom. The van der Waals surface area contributed by atoms with E-state index >= 15 is 0 Å². The van der Waals surface area contributed by atoms with E-state index in [1.165, 1.54) is 12.1 Å². The molecule has 2 atom stereocenters. The summed E-state index contributed by atoms with van der Waals surface area (Å²) in [5, 5.41) is 15.2. The van der Waals surface area contributed by atoms with Gasteiger partial charge in [0, 0.05) is 24.5 Å². The van der Waals surface area contributed by atoms with Crippen LogP contribution >= 0.6 is 24.0 Å². The zero-order valence-corrected chi connectivity index (χ0v) is 14.6. The predicted octanol–water partition coefficient (Wildman–Crippen LogP) is 3.32. The summed E-state index contributed by atoms with van der Waals surface area (Å²) < 4.78 is 19.5. The molecule has 3 rings (SSSR count). The standard InChI is InChI=1S/C18H19ClFNO2.ClH/c19-16-7-2-1-4-13(16)11-18(22,17-12-21-8-9-23-17)14-5-3-6-15(20)10-14;/h1-7,10,17,21-22H,8-9,11-12H2;1H. The third kappa shape index (κ3) is 4.08. The van der Waals surface area contributed by atoms with Crippen LogP contribution in [0.4, 0.5) is 4.39 Å². The third-order valence-electron chi connectivity index (χ3n) is 4.20. The summed E-state index contributed by atoms with van der Waals surface area (Å²) in [4.78, 5) is 0. The molecule has 0 radical (unpaired) electrons. The molecule has 0 aliphatic carbocycles. The Morgan fingerprint density at radius 1 is 1.25 bits per heavy atom. The van der Waals surface area contributed by atoms with Gasteiger partial charge < -0.3 is 15.2 Å². The van der Waals surface area contributed by atoms with Crippen LogP contribution in [0.1, 0.15) is 11.1 Å². The molecule has 6 heteroatoms. The largest absolute Gasteiger partial charge is 0.382 e. The number of benzene rings is 2.